The predicted molar refractivity (Wildman–Crippen MR) is 77.2 cm³/mol. The van der Waals surface area contributed by atoms with Crippen LogP contribution in [0.3, 0.4) is 0 Å². The second-order valence-electron chi connectivity index (χ2n) is 4.12. The number of rotatable bonds is 5. The number of carboxylic acid groups (broad SMARTS) is 1. The number of carbonyl (C=O) groups is 1. The number of halogens is 1. The van der Waals surface area contributed by atoms with E-state index in [-0.39, 0.29) is 21.3 Å². The second-order valence-corrected chi connectivity index (χ2v) is 6.18. The lowest BCUT2D eigenvalue weighted by atomic mass is 10.2. The molecule has 0 saturated carbocycles. The molecule has 0 bridgehead atoms. The van der Waals surface area contributed by atoms with Crippen LogP contribution in [0.25, 0.3) is 0 Å². The average Bonchev–Trinajstić information content (AvgIpc) is 2.90. The lowest BCUT2D eigenvalue weighted by Gasteiger charge is -2.10. The molecule has 9 heteroatoms. The molecule has 1 aromatic carbocycles. The smallest absolute Gasteiger partial charge is 0.337 e. The molecule has 0 saturated heterocycles. The number of hydrogen-bond donors (Lipinski definition) is 3. The molecule has 0 aliphatic rings. The number of nitrogens with one attached hydrogen (secondary N) is 2. The second kappa shape index (κ2) is 5.74. The Morgan fingerprint density at radius 2 is 2.19 bits per heavy atom. The molecule has 7 nitrogen and oxygen atoms in total. The van der Waals surface area contributed by atoms with E-state index in [0.29, 0.717) is 12.2 Å². The zero-order valence-corrected chi connectivity index (χ0v) is 12.5. The van der Waals surface area contributed by atoms with Crippen LogP contribution in [0.4, 0.5) is 5.69 Å². The van der Waals surface area contributed by atoms with E-state index in [0.717, 1.165) is 0 Å². The van der Waals surface area contributed by atoms with Gasteiger partial charge in [0, 0.05) is 6.42 Å². The SMILES string of the molecule is CCc1ncc(S(=O)(=O)Nc2c(Cl)cccc2C(=O)O)[nH]1. The van der Waals surface area contributed by atoms with Crippen LogP contribution in [-0.2, 0) is 16.4 Å². The number of aromatic carboxylic acids is 1. The van der Waals surface area contributed by atoms with E-state index in [4.69, 9.17) is 16.7 Å². The molecule has 0 unspecified atom stereocenters. The number of imidazole rings is 1. The zero-order valence-electron chi connectivity index (χ0n) is 10.9. The van der Waals surface area contributed by atoms with Gasteiger partial charge in [0.05, 0.1) is 22.5 Å². The Bertz CT molecular complexity index is 786. The summed E-state index contributed by atoms with van der Waals surface area (Å²) in [7, 11) is -4.00. The van der Waals surface area contributed by atoms with Gasteiger partial charge in [-0.25, -0.2) is 9.78 Å². The van der Waals surface area contributed by atoms with Gasteiger partial charge in [0.1, 0.15) is 5.82 Å². The van der Waals surface area contributed by atoms with Gasteiger partial charge in [0.2, 0.25) is 0 Å². The highest BCUT2D eigenvalue weighted by molar-refractivity contribution is 7.92. The van der Waals surface area contributed by atoms with Crippen LogP contribution >= 0.6 is 11.6 Å². The Balaban J connectivity index is 2.44. The minimum absolute atomic E-state index is 0.00583. The van der Waals surface area contributed by atoms with Crippen LogP contribution in [0.15, 0.2) is 29.4 Å². The summed E-state index contributed by atoms with van der Waals surface area (Å²) in [6.45, 7) is 1.82. The number of carboxylic acids is 1. The van der Waals surface area contributed by atoms with Gasteiger partial charge in [0.15, 0.2) is 5.03 Å². The van der Waals surface area contributed by atoms with Crippen LogP contribution < -0.4 is 4.72 Å². The maximum absolute atomic E-state index is 12.2. The molecule has 1 heterocycles. The molecule has 1 aromatic heterocycles. The third kappa shape index (κ3) is 3.17. The van der Waals surface area contributed by atoms with Crippen molar-refractivity contribution >= 4 is 33.3 Å². The van der Waals surface area contributed by atoms with Crippen molar-refractivity contribution in [3.63, 3.8) is 0 Å². The van der Waals surface area contributed by atoms with Gasteiger partial charge in [-0.15, -0.1) is 0 Å². The summed E-state index contributed by atoms with van der Waals surface area (Å²) < 4.78 is 26.6. The molecule has 21 heavy (non-hydrogen) atoms. The topological polar surface area (TPSA) is 112 Å². The number of hydrogen-bond acceptors (Lipinski definition) is 4. The van der Waals surface area contributed by atoms with E-state index in [9.17, 15) is 13.2 Å². The Morgan fingerprint density at radius 1 is 1.48 bits per heavy atom. The highest BCUT2D eigenvalue weighted by Gasteiger charge is 2.22. The molecule has 3 N–H and O–H groups in total. The Hall–Kier alpha value is -2.06. The van der Waals surface area contributed by atoms with Gasteiger partial charge < -0.3 is 10.1 Å². The normalized spacial score (nSPS) is 11.3. The summed E-state index contributed by atoms with van der Waals surface area (Å²) >= 11 is 5.88. The molecular formula is C12H12ClN3O4S. The number of aromatic nitrogens is 2. The maximum atomic E-state index is 12.2. The van der Waals surface area contributed by atoms with Crippen molar-refractivity contribution in [2.45, 2.75) is 18.4 Å². The zero-order chi connectivity index (χ0) is 15.6. The highest BCUT2D eigenvalue weighted by atomic mass is 35.5. The first-order chi connectivity index (χ1) is 9.85. The summed E-state index contributed by atoms with van der Waals surface area (Å²) in [6, 6.07) is 4.09. The molecule has 0 spiro atoms. The summed E-state index contributed by atoms with van der Waals surface area (Å²) in [6.07, 6.45) is 1.71. The average molecular weight is 330 g/mol. The van der Waals surface area contributed by atoms with Crippen molar-refractivity contribution in [3.8, 4) is 0 Å². The number of sulfonamides is 1. The molecule has 0 radical (unpaired) electrons. The Morgan fingerprint density at radius 3 is 2.76 bits per heavy atom. The maximum Gasteiger partial charge on any atom is 0.337 e. The molecule has 2 rings (SSSR count). The van der Waals surface area contributed by atoms with Crippen molar-refractivity contribution in [1.82, 2.24) is 9.97 Å². The molecule has 112 valence electrons. The first kappa shape index (κ1) is 15.3. The molecular weight excluding hydrogens is 318 g/mol. The van der Waals surface area contributed by atoms with Crippen LogP contribution in [-0.4, -0.2) is 29.5 Å². The van der Waals surface area contributed by atoms with Crippen molar-refractivity contribution in [1.29, 1.82) is 0 Å². The summed E-state index contributed by atoms with van der Waals surface area (Å²) in [5, 5.41) is 8.92. The van der Waals surface area contributed by atoms with Gasteiger partial charge in [-0.3, -0.25) is 4.72 Å². The molecule has 0 aliphatic heterocycles. The highest BCUT2D eigenvalue weighted by Crippen LogP contribution is 2.28. The van der Waals surface area contributed by atoms with E-state index in [1.165, 1.54) is 24.4 Å². The number of aryl methyl sites for hydroxylation is 1. The van der Waals surface area contributed by atoms with Gasteiger partial charge in [-0.05, 0) is 12.1 Å². The van der Waals surface area contributed by atoms with Crippen molar-refractivity contribution in [2.24, 2.45) is 0 Å². The number of aromatic amines is 1. The van der Waals surface area contributed by atoms with E-state index < -0.39 is 16.0 Å². The summed E-state index contributed by atoms with van der Waals surface area (Å²) in [4.78, 5) is 17.7. The predicted octanol–water partition coefficient (Wildman–Crippen LogP) is 2.12. The molecule has 2 aromatic rings. The van der Waals surface area contributed by atoms with Crippen molar-refractivity contribution in [2.75, 3.05) is 4.72 Å². The van der Waals surface area contributed by atoms with Gasteiger partial charge in [0.25, 0.3) is 10.0 Å². The van der Waals surface area contributed by atoms with E-state index >= 15 is 0 Å². The van der Waals surface area contributed by atoms with Crippen LogP contribution in [0.1, 0.15) is 23.1 Å². The monoisotopic (exact) mass is 329 g/mol. The van der Waals surface area contributed by atoms with Gasteiger partial charge >= 0.3 is 5.97 Å². The minimum atomic E-state index is -4.00. The van der Waals surface area contributed by atoms with Gasteiger partial charge in [-0.2, -0.15) is 8.42 Å². The summed E-state index contributed by atoms with van der Waals surface area (Å²) in [5.74, 6) is -0.776. The Labute approximate surface area is 126 Å². The van der Waals surface area contributed by atoms with Crippen LogP contribution in [0, 0.1) is 0 Å². The lowest BCUT2D eigenvalue weighted by molar-refractivity contribution is 0.0698. The van der Waals surface area contributed by atoms with Crippen molar-refractivity contribution < 1.29 is 18.3 Å². The fraction of sp³-hybridized carbons (Fsp3) is 0.167. The molecule has 0 amide bonds. The van der Waals surface area contributed by atoms with Crippen LogP contribution in [0.5, 0.6) is 0 Å². The lowest BCUT2D eigenvalue weighted by Crippen LogP contribution is -2.16. The molecule has 0 atom stereocenters. The van der Waals surface area contributed by atoms with E-state index in [1.54, 1.807) is 0 Å². The van der Waals surface area contributed by atoms with Crippen LogP contribution in [0.2, 0.25) is 5.02 Å². The fourth-order valence-electron chi connectivity index (χ4n) is 1.65. The van der Waals surface area contributed by atoms with Crippen molar-refractivity contribution in [3.05, 3.63) is 40.8 Å². The third-order valence-corrected chi connectivity index (χ3v) is 4.28. The quantitative estimate of drug-likeness (QED) is 0.777. The minimum Gasteiger partial charge on any atom is -0.478 e. The number of H-pyrrole nitrogens is 1. The Kier molecular flexibility index (Phi) is 4.19. The number of nitrogens with zero attached hydrogens (tertiary/aromatic N) is 1. The van der Waals surface area contributed by atoms with E-state index in [1.807, 2.05) is 6.92 Å². The standard InChI is InChI=1S/C12H12ClN3O4S/c1-2-9-14-6-10(15-9)21(19,20)16-11-7(12(17)18)4-3-5-8(11)13/h3-6,16H,2H2,1H3,(H,14,15)(H,17,18). The third-order valence-electron chi connectivity index (χ3n) is 2.71. The number of para-hydroxylation sites is 1. The van der Waals surface area contributed by atoms with Gasteiger partial charge in [-0.1, -0.05) is 24.6 Å². The fourth-order valence-corrected chi connectivity index (χ4v) is 2.98. The molecule has 0 aliphatic carbocycles. The van der Waals surface area contributed by atoms with E-state index in [2.05, 4.69) is 14.7 Å². The molecule has 0 fully saturated rings. The number of anilines is 1. The largest absolute Gasteiger partial charge is 0.478 e. The first-order valence-corrected chi connectivity index (χ1v) is 7.79. The first-order valence-electron chi connectivity index (χ1n) is 5.93. The summed E-state index contributed by atoms with van der Waals surface area (Å²) in [5.41, 5.74) is -0.416. The number of benzene rings is 1.